The topological polar surface area (TPSA) is 46.6 Å². The van der Waals surface area contributed by atoms with Gasteiger partial charge in [0.15, 0.2) is 0 Å². The molecule has 1 heterocycles. The Bertz CT molecular complexity index is 477. The van der Waals surface area contributed by atoms with Crippen molar-refractivity contribution in [1.29, 1.82) is 0 Å². The first kappa shape index (κ1) is 13.5. The summed E-state index contributed by atoms with van der Waals surface area (Å²) in [5.74, 6) is 0. The Morgan fingerprint density at radius 2 is 1.89 bits per heavy atom. The third-order valence-corrected chi connectivity index (χ3v) is 4.44. The Hall–Kier alpha value is -0.910. The zero-order chi connectivity index (χ0) is 13.0. The molecule has 1 aliphatic rings. The maximum absolute atomic E-state index is 11.8. The van der Waals surface area contributed by atoms with Crippen molar-refractivity contribution in [2.24, 2.45) is 0 Å². The Morgan fingerprint density at radius 1 is 1.22 bits per heavy atom. The summed E-state index contributed by atoms with van der Waals surface area (Å²) >= 11 is 0. The average molecular weight is 269 g/mol. The van der Waals surface area contributed by atoms with E-state index in [1.165, 1.54) is 6.42 Å². The van der Waals surface area contributed by atoms with Gasteiger partial charge in [0.1, 0.15) is 0 Å². The van der Waals surface area contributed by atoms with Crippen LogP contribution in [0, 0.1) is 6.92 Å². The predicted octanol–water partition coefficient (Wildman–Crippen LogP) is 1.80. The molecule has 0 spiro atoms. The van der Waals surface area contributed by atoms with Crippen molar-refractivity contribution in [2.45, 2.75) is 24.7 Å². The third kappa shape index (κ3) is 3.54. The van der Waals surface area contributed by atoms with E-state index in [1.807, 2.05) is 6.92 Å². The molecule has 0 radical (unpaired) electrons. The van der Waals surface area contributed by atoms with Crippen LogP contribution in [0.5, 0.6) is 0 Å². The molecule has 4 nitrogen and oxygen atoms in total. The Kier molecular flexibility index (Phi) is 4.37. The highest BCUT2D eigenvalue weighted by Gasteiger charge is 2.16. The fourth-order valence-electron chi connectivity index (χ4n) is 1.84. The molecule has 0 aromatic heterocycles. The van der Waals surface area contributed by atoms with Gasteiger partial charge in [0.25, 0.3) is 10.1 Å². The molecular formula is C13H19NO3S. The third-order valence-electron chi connectivity index (χ3n) is 3.12. The van der Waals surface area contributed by atoms with Crippen molar-refractivity contribution < 1.29 is 12.6 Å². The number of hydrogen-bond donors (Lipinski definition) is 0. The lowest BCUT2D eigenvalue weighted by molar-refractivity contribution is 0.166. The first-order chi connectivity index (χ1) is 8.58. The van der Waals surface area contributed by atoms with Crippen LogP contribution < -0.4 is 0 Å². The number of aryl methyl sites for hydroxylation is 1. The predicted molar refractivity (Wildman–Crippen MR) is 70.0 cm³/mol. The highest BCUT2D eigenvalue weighted by Crippen LogP contribution is 2.14. The van der Waals surface area contributed by atoms with E-state index in [9.17, 15) is 8.42 Å². The van der Waals surface area contributed by atoms with Crippen LogP contribution in [0.1, 0.15) is 18.4 Å². The minimum Gasteiger partial charge on any atom is -0.303 e. The smallest absolute Gasteiger partial charge is 0.296 e. The molecular weight excluding hydrogens is 250 g/mol. The average Bonchev–Trinajstić information content (AvgIpc) is 2.27. The van der Waals surface area contributed by atoms with Crippen molar-refractivity contribution >= 4 is 10.1 Å². The van der Waals surface area contributed by atoms with Crippen LogP contribution in [-0.2, 0) is 14.3 Å². The molecule has 1 aromatic carbocycles. The maximum atomic E-state index is 11.8. The van der Waals surface area contributed by atoms with Gasteiger partial charge in [0.05, 0.1) is 11.5 Å². The minimum absolute atomic E-state index is 0.233. The van der Waals surface area contributed by atoms with Crippen LogP contribution in [0.4, 0.5) is 0 Å². The molecule has 1 fully saturated rings. The van der Waals surface area contributed by atoms with Crippen LogP contribution >= 0.6 is 0 Å². The van der Waals surface area contributed by atoms with Crippen molar-refractivity contribution in [3.05, 3.63) is 29.8 Å². The van der Waals surface area contributed by atoms with Gasteiger partial charge in [0, 0.05) is 6.54 Å². The number of hydrogen-bond acceptors (Lipinski definition) is 4. The second kappa shape index (κ2) is 5.82. The molecule has 5 heteroatoms. The summed E-state index contributed by atoms with van der Waals surface area (Å²) in [6.07, 6.45) is 2.01. The molecule has 0 aliphatic carbocycles. The van der Waals surface area contributed by atoms with E-state index in [0.29, 0.717) is 0 Å². The van der Waals surface area contributed by atoms with Gasteiger partial charge < -0.3 is 4.90 Å². The first-order valence-corrected chi connectivity index (χ1v) is 7.67. The van der Waals surface area contributed by atoms with Crippen LogP contribution in [0.3, 0.4) is 0 Å². The molecule has 100 valence electrons. The summed E-state index contributed by atoms with van der Waals surface area (Å²) in [5, 5.41) is 0. The molecule has 2 rings (SSSR count). The van der Waals surface area contributed by atoms with Crippen molar-refractivity contribution in [2.75, 3.05) is 26.2 Å². The van der Waals surface area contributed by atoms with E-state index in [0.717, 1.165) is 31.6 Å². The van der Waals surface area contributed by atoms with Gasteiger partial charge in [-0.3, -0.25) is 4.18 Å². The fraction of sp³-hybridized carbons (Fsp3) is 0.538. The van der Waals surface area contributed by atoms with E-state index < -0.39 is 10.1 Å². The van der Waals surface area contributed by atoms with E-state index in [4.69, 9.17) is 4.18 Å². The molecule has 0 atom stereocenters. The number of likely N-dealkylation sites (tertiary alicyclic amines) is 1. The number of benzene rings is 1. The second-order valence-electron chi connectivity index (χ2n) is 4.64. The highest BCUT2D eigenvalue weighted by molar-refractivity contribution is 7.86. The largest absolute Gasteiger partial charge is 0.303 e. The van der Waals surface area contributed by atoms with Crippen molar-refractivity contribution in [3.63, 3.8) is 0 Å². The molecule has 1 aliphatic heterocycles. The normalized spacial score (nSPS) is 16.5. The fourth-order valence-corrected chi connectivity index (χ4v) is 2.78. The van der Waals surface area contributed by atoms with Crippen LogP contribution in [0.2, 0.25) is 0 Å². The molecule has 0 amide bonds. The van der Waals surface area contributed by atoms with Crippen LogP contribution in [-0.4, -0.2) is 39.6 Å². The summed E-state index contributed by atoms with van der Waals surface area (Å²) in [5.41, 5.74) is 1.03. The quantitative estimate of drug-likeness (QED) is 0.583. The van der Waals surface area contributed by atoms with E-state index >= 15 is 0 Å². The summed E-state index contributed by atoms with van der Waals surface area (Å²) in [7, 11) is -3.58. The van der Waals surface area contributed by atoms with E-state index in [2.05, 4.69) is 4.90 Å². The molecule has 0 N–H and O–H groups in total. The van der Waals surface area contributed by atoms with Gasteiger partial charge in [-0.25, -0.2) is 0 Å². The lowest BCUT2D eigenvalue weighted by atomic mass is 10.2. The number of rotatable bonds is 6. The monoisotopic (exact) mass is 269 g/mol. The van der Waals surface area contributed by atoms with Crippen LogP contribution in [0.25, 0.3) is 0 Å². The Labute approximate surface area is 109 Å². The standard InChI is InChI=1S/C13H19NO3S/c1-12-4-6-13(7-5-12)18(15,16)17-11-3-10-14-8-2-9-14/h4-7H,2-3,8-11H2,1H3. The van der Waals surface area contributed by atoms with Crippen molar-refractivity contribution in [3.8, 4) is 0 Å². The highest BCUT2D eigenvalue weighted by atomic mass is 32.2. The van der Waals surface area contributed by atoms with Crippen LogP contribution in [0.15, 0.2) is 29.2 Å². The summed E-state index contributed by atoms with van der Waals surface area (Å²) < 4.78 is 28.7. The summed E-state index contributed by atoms with van der Waals surface area (Å²) in [6.45, 7) is 5.36. The second-order valence-corrected chi connectivity index (χ2v) is 6.25. The SMILES string of the molecule is Cc1ccc(S(=O)(=O)OCCCN2CCC2)cc1. The zero-order valence-electron chi connectivity index (χ0n) is 10.6. The van der Waals surface area contributed by atoms with Gasteiger partial charge >= 0.3 is 0 Å². The summed E-state index contributed by atoms with van der Waals surface area (Å²) in [6, 6.07) is 6.72. The van der Waals surface area contributed by atoms with Gasteiger partial charge in [-0.1, -0.05) is 17.7 Å². The van der Waals surface area contributed by atoms with Gasteiger partial charge in [-0.15, -0.1) is 0 Å². The minimum atomic E-state index is -3.58. The maximum Gasteiger partial charge on any atom is 0.296 e. The van der Waals surface area contributed by atoms with Gasteiger partial charge in [-0.2, -0.15) is 8.42 Å². The molecule has 1 aromatic rings. The van der Waals surface area contributed by atoms with Gasteiger partial charge in [0.2, 0.25) is 0 Å². The Morgan fingerprint density at radius 3 is 2.44 bits per heavy atom. The van der Waals surface area contributed by atoms with E-state index in [-0.39, 0.29) is 11.5 Å². The number of nitrogens with zero attached hydrogens (tertiary/aromatic N) is 1. The molecule has 1 saturated heterocycles. The Balaban J connectivity index is 1.81. The molecule has 18 heavy (non-hydrogen) atoms. The zero-order valence-corrected chi connectivity index (χ0v) is 11.4. The molecule has 0 saturated carbocycles. The summed E-state index contributed by atoms with van der Waals surface area (Å²) in [4.78, 5) is 2.53. The lowest BCUT2D eigenvalue weighted by Gasteiger charge is -2.30. The van der Waals surface area contributed by atoms with E-state index in [1.54, 1.807) is 24.3 Å². The molecule has 0 bridgehead atoms. The van der Waals surface area contributed by atoms with Gasteiger partial charge in [-0.05, 0) is 45.0 Å². The lowest BCUT2D eigenvalue weighted by Crippen LogP contribution is -2.38. The first-order valence-electron chi connectivity index (χ1n) is 6.26. The van der Waals surface area contributed by atoms with Crippen molar-refractivity contribution in [1.82, 2.24) is 4.90 Å². The molecule has 0 unspecified atom stereocenters.